The molecule has 1 aliphatic heterocycles. The summed E-state index contributed by atoms with van der Waals surface area (Å²) >= 11 is 0.797. The van der Waals surface area contributed by atoms with Crippen LogP contribution in [0.15, 0.2) is 71.6 Å². The number of methoxy groups -OCH3 is 1. The second-order valence-corrected chi connectivity index (χ2v) is 8.81. The van der Waals surface area contributed by atoms with Crippen molar-refractivity contribution in [3.63, 3.8) is 0 Å². The van der Waals surface area contributed by atoms with Gasteiger partial charge in [-0.15, -0.1) is 0 Å². The summed E-state index contributed by atoms with van der Waals surface area (Å²) in [5, 5.41) is 21.2. The topological polar surface area (TPSA) is 142 Å². The molecule has 11 nitrogen and oxygen atoms in total. The normalized spacial score (nSPS) is 14.2. The van der Waals surface area contributed by atoms with E-state index in [1.165, 1.54) is 43.5 Å². The molecule has 0 atom stereocenters. The zero-order valence-electron chi connectivity index (χ0n) is 19.4. The van der Waals surface area contributed by atoms with Crippen molar-refractivity contribution in [1.82, 2.24) is 4.90 Å². The highest BCUT2D eigenvalue weighted by Crippen LogP contribution is 2.35. The minimum Gasteiger partial charge on any atom is -0.493 e. The minimum absolute atomic E-state index is 0.00773. The predicted octanol–water partition coefficient (Wildman–Crippen LogP) is 5.33. The predicted molar refractivity (Wildman–Crippen MR) is 135 cm³/mol. The second-order valence-electron chi connectivity index (χ2n) is 7.81. The maximum atomic E-state index is 12.9. The summed E-state index contributed by atoms with van der Waals surface area (Å²) in [6.07, 6.45) is 1.57. The number of benzene rings is 3. The third-order valence-corrected chi connectivity index (χ3v) is 6.30. The number of hydrogen-bond acceptors (Lipinski definition) is 9. The lowest BCUT2D eigenvalue weighted by Gasteiger charge is -2.12. The van der Waals surface area contributed by atoms with E-state index in [9.17, 15) is 29.8 Å². The van der Waals surface area contributed by atoms with Crippen molar-refractivity contribution in [2.75, 3.05) is 7.11 Å². The van der Waals surface area contributed by atoms with E-state index in [2.05, 4.69) is 0 Å². The number of nitro groups is 2. The number of ether oxygens (including phenoxy) is 2. The Balaban J connectivity index is 1.48. The van der Waals surface area contributed by atoms with E-state index in [0.29, 0.717) is 28.2 Å². The van der Waals surface area contributed by atoms with E-state index >= 15 is 0 Å². The Bertz CT molecular complexity index is 1400. The van der Waals surface area contributed by atoms with E-state index < -0.39 is 21.0 Å². The molecule has 0 saturated carbocycles. The number of rotatable bonds is 9. The quantitative estimate of drug-likeness (QED) is 0.207. The number of amides is 2. The van der Waals surface area contributed by atoms with E-state index in [4.69, 9.17) is 9.47 Å². The van der Waals surface area contributed by atoms with Crippen molar-refractivity contribution in [2.24, 2.45) is 0 Å². The van der Waals surface area contributed by atoms with Crippen LogP contribution in [0.25, 0.3) is 6.08 Å². The molecule has 188 valence electrons. The zero-order chi connectivity index (χ0) is 26.5. The molecule has 1 fully saturated rings. The Kier molecular flexibility index (Phi) is 7.49. The molecule has 0 radical (unpaired) electrons. The van der Waals surface area contributed by atoms with Gasteiger partial charge in [-0.2, -0.15) is 0 Å². The standard InChI is InChI=1S/C25H19N3O8S/c1-35-21-11-6-18(12-22(21)36-15-17-4-9-20(10-5-17)28(33)34)13-23-24(29)26(25(30)37-23)14-16-2-7-19(8-3-16)27(31)32/h2-13H,14-15H2,1H3/b23-13-. The van der Waals surface area contributed by atoms with Gasteiger partial charge in [-0.1, -0.05) is 18.2 Å². The molecular formula is C25H19N3O8S. The van der Waals surface area contributed by atoms with Crippen molar-refractivity contribution in [3.8, 4) is 11.5 Å². The Morgan fingerprint density at radius 2 is 1.46 bits per heavy atom. The Morgan fingerprint density at radius 3 is 2.03 bits per heavy atom. The van der Waals surface area contributed by atoms with E-state index in [1.54, 1.807) is 36.4 Å². The van der Waals surface area contributed by atoms with Crippen molar-refractivity contribution in [3.05, 3.63) is 109 Å². The number of thioether (sulfide) groups is 1. The molecule has 3 aromatic rings. The molecule has 1 heterocycles. The number of nitrogens with zero attached hydrogens (tertiary/aromatic N) is 3. The van der Waals surface area contributed by atoms with Gasteiger partial charge in [0.05, 0.1) is 28.4 Å². The lowest BCUT2D eigenvalue weighted by Crippen LogP contribution is -2.27. The first-order chi connectivity index (χ1) is 17.7. The van der Waals surface area contributed by atoms with E-state index in [0.717, 1.165) is 16.7 Å². The number of nitro benzene ring substituents is 2. The molecule has 1 aliphatic rings. The van der Waals surface area contributed by atoms with Crippen molar-refractivity contribution < 1.29 is 28.9 Å². The molecule has 1 saturated heterocycles. The van der Waals surface area contributed by atoms with Crippen molar-refractivity contribution in [1.29, 1.82) is 0 Å². The van der Waals surface area contributed by atoms with Crippen LogP contribution >= 0.6 is 11.8 Å². The minimum atomic E-state index is -0.522. The summed E-state index contributed by atoms with van der Waals surface area (Å²) in [4.78, 5) is 47.3. The second kappa shape index (κ2) is 10.9. The summed E-state index contributed by atoms with van der Waals surface area (Å²) in [5.41, 5.74) is 1.79. The molecule has 12 heteroatoms. The van der Waals surface area contributed by atoms with Gasteiger partial charge >= 0.3 is 0 Å². The highest BCUT2D eigenvalue weighted by Gasteiger charge is 2.35. The first kappa shape index (κ1) is 25.4. The molecule has 0 spiro atoms. The number of imide groups is 1. The molecule has 0 aliphatic carbocycles. The summed E-state index contributed by atoms with van der Waals surface area (Å²) in [6, 6.07) is 16.6. The summed E-state index contributed by atoms with van der Waals surface area (Å²) in [7, 11) is 1.48. The van der Waals surface area contributed by atoms with Crippen LogP contribution < -0.4 is 9.47 Å². The van der Waals surface area contributed by atoms with Crippen LogP contribution in [0.4, 0.5) is 16.2 Å². The van der Waals surface area contributed by atoms with Gasteiger partial charge in [0.25, 0.3) is 22.5 Å². The fraction of sp³-hybridized carbons (Fsp3) is 0.120. The van der Waals surface area contributed by atoms with Gasteiger partial charge in [-0.05, 0) is 58.8 Å². The molecule has 0 bridgehead atoms. The highest BCUT2D eigenvalue weighted by molar-refractivity contribution is 8.18. The van der Waals surface area contributed by atoms with Crippen molar-refractivity contribution in [2.45, 2.75) is 13.2 Å². The number of carbonyl (C=O) groups excluding carboxylic acids is 2. The first-order valence-corrected chi connectivity index (χ1v) is 11.6. The number of carbonyl (C=O) groups is 2. The largest absolute Gasteiger partial charge is 0.493 e. The third kappa shape index (κ3) is 5.93. The van der Waals surface area contributed by atoms with E-state index in [-0.39, 0.29) is 29.4 Å². The molecule has 0 unspecified atom stereocenters. The number of hydrogen-bond donors (Lipinski definition) is 0. The van der Waals surface area contributed by atoms with Crippen LogP contribution in [0.3, 0.4) is 0 Å². The summed E-state index contributed by atoms with van der Waals surface area (Å²) in [6.45, 7) is 0.121. The molecule has 3 aromatic carbocycles. The summed E-state index contributed by atoms with van der Waals surface area (Å²) < 4.78 is 11.2. The lowest BCUT2D eigenvalue weighted by molar-refractivity contribution is -0.385. The monoisotopic (exact) mass is 521 g/mol. The van der Waals surface area contributed by atoms with Gasteiger partial charge in [0.1, 0.15) is 6.61 Å². The zero-order valence-corrected chi connectivity index (χ0v) is 20.2. The van der Waals surface area contributed by atoms with Crippen LogP contribution in [-0.2, 0) is 17.9 Å². The van der Waals surface area contributed by atoms with Gasteiger partial charge in [-0.25, -0.2) is 0 Å². The SMILES string of the molecule is COc1ccc(/C=C2\SC(=O)N(Cc3ccc([N+](=O)[O-])cc3)C2=O)cc1OCc1ccc([N+](=O)[O-])cc1. The maximum absolute atomic E-state index is 12.9. The van der Waals surface area contributed by atoms with Gasteiger partial charge < -0.3 is 9.47 Å². The van der Waals surface area contributed by atoms with Gasteiger partial charge in [0, 0.05) is 24.3 Å². The number of non-ortho nitro benzene ring substituents is 2. The molecule has 37 heavy (non-hydrogen) atoms. The van der Waals surface area contributed by atoms with Crippen LogP contribution in [0.5, 0.6) is 11.5 Å². The van der Waals surface area contributed by atoms with Crippen LogP contribution in [0.1, 0.15) is 16.7 Å². The lowest BCUT2D eigenvalue weighted by atomic mass is 10.1. The smallest absolute Gasteiger partial charge is 0.293 e. The molecular weight excluding hydrogens is 502 g/mol. The van der Waals surface area contributed by atoms with Gasteiger partial charge in [0.2, 0.25) is 0 Å². The first-order valence-electron chi connectivity index (χ1n) is 10.8. The Hall–Kier alpha value is -4.71. The van der Waals surface area contributed by atoms with E-state index in [1.807, 2.05) is 0 Å². The average molecular weight is 522 g/mol. The van der Waals surface area contributed by atoms with Crippen LogP contribution in [0, 0.1) is 20.2 Å². The fourth-order valence-corrected chi connectivity index (χ4v) is 4.30. The maximum Gasteiger partial charge on any atom is 0.293 e. The molecule has 4 rings (SSSR count). The Morgan fingerprint density at radius 1 is 0.865 bits per heavy atom. The van der Waals surface area contributed by atoms with Crippen LogP contribution in [0.2, 0.25) is 0 Å². The average Bonchev–Trinajstić information content (AvgIpc) is 3.15. The molecule has 2 amide bonds. The third-order valence-electron chi connectivity index (χ3n) is 5.39. The highest BCUT2D eigenvalue weighted by atomic mass is 32.2. The summed E-state index contributed by atoms with van der Waals surface area (Å²) in [5.74, 6) is 0.363. The van der Waals surface area contributed by atoms with Crippen LogP contribution in [-0.4, -0.2) is 33.0 Å². The van der Waals surface area contributed by atoms with Crippen molar-refractivity contribution >= 4 is 40.4 Å². The van der Waals surface area contributed by atoms with Gasteiger partial charge in [0.15, 0.2) is 11.5 Å². The fourth-order valence-electron chi connectivity index (χ4n) is 3.46. The van der Waals surface area contributed by atoms with Gasteiger partial charge in [-0.3, -0.25) is 34.7 Å². The molecule has 0 N–H and O–H groups in total. The Labute approximate surface area is 214 Å². The molecule has 0 aromatic heterocycles.